The maximum Gasteiger partial charge on any atom is 0.272 e. The molecule has 0 saturated heterocycles. The molecule has 3 rings (SSSR count). The zero-order chi connectivity index (χ0) is 16.3. The third-order valence-electron chi connectivity index (χ3n) is 4.30. The molecule has 1 aliphatic rings. The van der Waals surface area contributed by atoms with Crippen molar-refractivity contribution in [2.24, 2.45) is 0 Å². The minimum atomic E-state index is -0.829. The van der Waals surface area contributed by atoms with Crippen LogP contribution >= 0.6 is 0 Å². The molecule has 1 heterocycles. The zero-order valence-electron chi connectivity index (χ0n) is 12.6. The number of hydrogen-bond donors (Lipinski definition) is 1. The molecule has 6 heteroatoms. The lowest BCUT2D eigenvalue weighted by Gasteiger charge is -2.38. The van der Waals surface area contributed by atoms with Crippen molar-refractivity contribution in [1.82, 2.24) is 15.3 Å². The molecule has 2 aromatic rings. The Hall–Kier alpha value is -2.37. The van der Waals surface area contributed by atoms with E-state index < -0.39 is 23.1 Å². The van der Waals surface area contributed by atoms with Crippen molar-refractivity contribution in [1.29, 1.82) is 0 Å². The molecule has 1 aromatic heterocycles. The van der Waals surface area contributed by atoms with Crippen LogP contribution in [0.15, 0.2) is 36.8 Å². The number of benzene rings is 1. The molecule has 23 heavy (non-hydrogen) atoms. The van der Waals surface area contributed by atoms with Crippen molar-refractivity contribution in [2.45, 2.75) is 37.6 Å². The summed E-state index contributed by atoms with van der Waals surface area (Å²) < 4.78 is 27.5. The fraction of sp³-hybridized carbons (Fsp3) is 0.353. The zero-order valence-corrected chi connectivity index (χ0v) is 12.6. The van der Waals surface area contributed by atoms with Crippen LogP contribution in [0.5, 0.6) is 0 Å². The molecule has 0 aliphatic heterocycles. The number of aromatic nitrogens is 2. The van der Waals surface area contributed by atoms with E-state index in [0.29, 0.717) is 18.4 Å². The van der Waals surface area contributed by atoms with Crippen LogP contribution in [0, 0.1) is 11.6 Å². The highest BCUT2D eigenvalue weighted by Gasteiger charge is 2.38. The average Bonchev–Trinajstić information content (AvgIpc) is 2.56. The number of carbonyl (C=O) groups excluding carboxylic acids is 1. The van der Waals surface area contributed by atoms with E-state index in [9.17, 15) is 13.6 Å². The molecule has 0 spiro atoms. The highest BCUT2D eigenvalue weighted by Crippen LogP contribution is 2.38. The Labute approximate surface area is 133 Å². The molecular formula is C17H17F2N3O. The second kappa shape index (κ2) is 6.40. The summed E-state index contributed by atoms with van der Waals surface area (Å²) in [6.07, 6.45) is 8.28. The fourth-order valence-electron chi connectivity index (χ4n) is 3.19. The quantitative estimate of drug-likeness (QED) is 0.944. The van der Waals surface area contributed by atoms with E-state index in [1.807, 2.05) is 0 Å². The van der Waals surface area contributed by atoms with Gasteiger partial charge in [0.05, 0.1) is 11.7 Å². The Bertz CT molecular complexity index is 700. The molecule has 1 aromatic carbocycles. The van der Waals surface area contributed by atoms with Gasteiger partial charge in [-0.1, -0.05) is 25.3 Å². The van der Waals surface area contributed by atoms with Gasteiger partial charge in [-0.25, -0.2) is 13.8 Å². The van der Waals surface area contributed by atoms with Crippen LogP contribution in [0.3, 0.4) is 0 Å². The summed E-state index contributed by atoms with van der Waals surface area (Å²) >= 11 is 0. The molecule has 0 atom stereocenters. The monoisotopic (exact) mass is 317 g/mol. The lowest BCUT2D eigenvalue weighted by molar-refractivity contribution is 0.0857. The van der Waals surface area contributed by atoms with Crippen molar-refractivity contribution in [2.75, 3.05) is 0 Å². The first-order valence-electron chi connectivity index (χ1n) is 7.65. The molecule has 0 radical (unpaired) electrons. The van der Waals surface area contributed by atoms with Gasteiger partial charge in [0.25, 0.3) is 5.91 Å². The largest absolute Gasteiger partial charge is 0.341 e. The van der Waals surface area contributed by atoms with E-state index in [2.05, 4.69) is 15.3 Å². The van der Waals surface area contributed by atoms with Gasteiger partial charge >= 0.3 is 0 Å². The lowest BCUT2D eigenvalue weighted by Crippen LogP contribution is -2.48. The number of amides is 1. The van der Waals surface area contributed by atoms with Crippen LogP contribution in [0.4, 0.5) is 8.78 Å². The third-order valence-corrected chi connectivity index (χ3v) is 4.30. The summed E-state index contributed by atoms with van der Waals surface area (Å²) in [6.45, 7) is 0. The summed E-state index contributed by atoms with van der Waals surface area (Å²) in [6, 6.07) is 3.51. The Balaban J connectivity index is 1.95. The normalized spacial score (nSPS) is 16.8. The minimum absolute atomic E-state index is 0.181. The molecule has 1 aliphatic carbocycles. The lowest BCUT2D eigenvalue weighted by atomic mass is 9.76. The van der Waals surface area contributed by atoms with Crippen molar-refractivity contribution < 1.29 is 13.6 Å². The first-order valence-corrected chi connectivity index (χ1v) is 7.65. The number of halogens is 2. The summed E-state index contributed by atoms with van der Waals surface area (Å²) in [4.78, 5) is 20.3. The Morgan fingerprint density at radius 2 is 1.91 bits per heavy atom. The molecule has 120 valence electrons. The molecule has 4 nitrogen and oxygen atoms in total. The second-order valence-corrected chi connectivity index (χ2v) is 5.81. The molecule has 1 fully saturated rings. The van der Waals surface area contributed by atoms with Gasteiger partial charge in [0, 0.05) is 24.0 Å². The Morgan fingerprint density at radius 1 is 1.13 bits per heavy atom. The minimum Gasteiger partial charge on any atom is -0.341 e. The SMILES string of the molecule is O=C(NC1(c2ccc(F)cc2F)CCCCC1)c1cnccn1. The summed E-state index contributed by atoms with van der Waals surface area (Å²) in [7, 11) is 0. The Morgan fingerprint density at radius 3 is 2.57 bits per heavy atom. The summed E-state index contributed by atoms with van der Waals surface area (Å²) in [5.41, 5.74) is -0.319. The van der Waals surface area contributed by atoms with Crippen LogP contribution in [0.25, 0.3) is 0 Å². The van der Waals surface area contributed by atoms with Crippen molar-refractivity contribution in [3.05, 3.63) is 59.7 Å². The second-order valence-electron chi connectivity index (χ2n) is 5.81. The first kappa shape index (κ1) is 15.5. The standard InChI is InChI=1S/C17H17F2N3O/c18-12-4-5-13(14(19)10-12)17(6-2-1-3-7-17)22-16(23)15-11-20-8-9-21-15/h4-5,8-11H,1-3,6-7H2,(H,22,23). The fourth-order valence-corrected chi connectivity index (χ4v) is 3.19. The van der Waals surface area contributed by atoms with Crippen LogP contribution in [0.2, 0.25) is 0 Å². The molecule has 1 amide bonds. The predicted molar refractivity (Wildman–Crippen MR) is 80.6 cm³/mol. The molecule has 0 bridgehead atoms. The van der Waals surface area contributed by atoms with Crippen molar-refractivity contribution in [3.63, 3.8) is 0 Å². The van der Waals surface area contributed by atoms with E-state index in [0.717, 1.165) is 25.3 Å². The molecule has 1 saturated carbocycles. The molecular weight excluding hydrogens is 300 g/mol. The highest BCUT2D eigenvalue weighted by molar-refractivity contribution is 5.92. The number of rotatable bonds is 3. The van der Waals surface area contributed by atoms with Crippen LogP contribution in [-0.2, 0) is 5.54 Å². The van der Waals surface area contributed by atoms with Gasteiger partial charge in [0.15, 0.2) is 0 Å². The van der Waals surface area contributed by atoms with Gasteiger partial charge in [0.2, 0.25) is 0 Å². The first-order chi connectivity index (χ1) is 11.1. The van der Waals surface area contributed by atoms with Crippen LogP contribution in [0.1, 0.15) is 48.2 Å². The van der Waals surface area contributed by atoms with Crippen LogP contribution in [-0.4, -0.2) is 15.9 Å². The van der Waals surface area contributed by atoms with Gasteiger partial charge in [-0.2, -0.15) is 0 Å². The Kier molecular flexibility index (Phi) is 4.32. The van der Waals surface area contributed by atoms with Gasteiger partial charge in [-0.3, -0.25) is 9.78 Å². The predicted octanol–water partition coefficient (Wildman–Crippen LogP) is 3.34. The number of hydrogen-bond acceptors (Lipinski definition) is 3. The average molecular weight is 317 g/mol. The maximum atomic E-state index is 14.3. The molecule has 0 unspecified atom stereocenters. The summed E-state index contributed by atoms with van der Waals surface area (Å²) in [5.74, 6) is -1.66. The van der Waals surface area contributed by atoms with E-state index in [1.54, 1.807) is 0 Å². The van der Waals surface area contributed by atoms with Gasteiger partial charge in [0.1, 0.15) is 17.3 Å². The van der Waals surface area contributed by atoms with Crippen LogP contribution < -0.4 is 5.32 Å². The highest BCUT2D eigenvalue weighted by atomic mass is 19.1. The maximum absolute atomic E-state index is 14.3. The van der Waals surface area contributed by atoms with Gasteiger partial charge in [-0.15, -0.1) is 0 Å². The number of carbonyl (C=O) groups is 1. The van der Waals surface area contributed by atoms with Crippen molar-refractivity contribution in [3.8, 4) is 0 Å². The van der Waals surface area contributed by atoms with E-state index in [1.165, 1.54) is 30.7 Å². The van der Waals surface area contributed by atoms with E-state index >= 15 is 0 Å². The topological polar surface area (TPSA) is 54.9 Å². The van der Waals surface area contributed by atoms with Gasteiger partial charge in [-0.05, 0) is 18.9 Å². The van der Waals surface area contributed by atoms with E-state index in [-0.39, 0.29) is 5.69 Å². The van der Waals surface area contributed by atoms with Crippen molar-refractivity contribution >= 4 is 5.91 Å². The van der Waals surface area contributed by atoms with E-state index in [4.69, 9.17) is 0 Å². The number of nitrogens with zero attached hydrogens (tertiary/aromatic N) is 2. The molecule has 1 N–H and O–H groups in total. The third kappa shape index (κ3) is 3.21. The number of nitrogens with one attached hydrogen (secondary N) is 1. The van der Waals surface area contributed by atoms with Gasteiger partial charge < -0.3 is 5.32 Å². The summed E-state index contributed by atoms with van der Waals surface area (Å²) in [5, 5.41) is 2.92. The smallest absolute Gasteiger partial charge is 0.272 e.